The van der Waals surface area contributed by atoms with Gasteiger partial charge in [-0.25, -0.2) is 18.1 Å². The number of hydrogen-bond donors (Lipinski definition) is 2. The maximum atomic E-state index is 12.2. The Bertz CT molecular complexity index is 689. The van der Waals surface area contributed by atoms with E-state index in [1.54, 1.807) is 19.2 Å². The molecule has 2 heterocycles. The lowest BCUT2D eigenvalue weighted by Gasteiger charge is -2.03. The molecule has 0 aromatic carbocycles. The third-order valence-electron chi connectivity index (χ3n) is 2.78. The Hall–Kier alpha value is -1.22. The minimum Gasteiger partial charge on any atom is -0.444 e. The summed E-state index contributed by atoms with van der Waals surface area (Å²) in [5.41, 5.74) is 5.53. The number of sulfonamides is 1. The SMILES string of the molecule is CCc1cnc(CNS(=O)(=O)c2cc(CN)sc2C)o1. The second kappa shape index (κ2) is 6.04. The molecule has 20 heavy (non-hydrogen) atoms. The minimum atomic E-state index is -3.57. The normalized spacial score (nSPS) is 11.9. The van der Waals surface area contributed by atoms with Gasteiger partial charge < -0.3 is 10.2 Å². The maximum Gasteiger partial charge on any atom is 0.242 e. The van der Waals surface area contributed by atoms with Crippen LogP contribution in [-0.4, -0.2) is 13.4 Å². The van der Waals surface area contributed by atoms with E-state index in [0.29, 0.717) is 12.4 Å². The van der Waals surface area contributed by atoms with Crippen LogP contribution in [0.25, 0.3) is 0 Å². The Morgan fingerprint density at radius 1 is 1.50 bits per heavy atom. The van der Waals surface area contributed by atoms with E-state index in [-0.39, 0.29) is 11.4 Å². The van der Waals surface area contributed by atoms with Crippen LogP contribution in [0.1, 0.15) is 28.3 Å². The number of aromatic nitrogens is 1. The van der Waals surface area contributed by atoms with Crippen molar-refractivity contribution < 1.29 is 12.8 Å². The zero-order chi connectivity index (χ0) is 14.8. The molecule has 0 aliphatic rings. The predicted octanol–water partition coefficient (Wildman–Crippen LogP) is 1.54. The van der Waals surface area contributed by atoms with Crippen molar-refractivity contribution in [3.63, 3.8) is 0 Å². The zero-order valence-electron chi connectivity index (χ0n) is 11.3. The summed E-state index contributed by atoms with van der Waals surface area (Å²) in [6, 6.07) is 1.61. The van der Waals surface area contributed by atoms with Crippen molar-refractivity contribution in [1.29, 1.82) is 0 Å². The van der Waals surface area contributed by atoms with Crippen molar-refractivity contribution >= 4 is 21.4 Å². The monoisotopic (exact) mass is 315 g/mol. The molecule has 0 unspecified atom stereocenters. The van der Waals surface area contributed by atoms with Gasteiger partial charge in [-0.05, 0) is 13.0 Å². The van der Waals surface area contributed by atoms with Crippen LogP contribution in [0.5, 0.6) is 0 Å². The second-order valence-electron chi connectivity index (χ2n) is 4.24. The summed E-state index contributed by atoms with van der Waals surface area (Å²) in [7, 11) is -3.57. The molecule has 0 fully saturated rings. The molecule has 0 bridgehead atoms. The molecule has 0 saturated heterocycles. The predicted molar refractivity (Wildman–Crippen MR) is 76.9 cm³/mol. The van der Waals surface area contributed by atoms with Crippen molar-refractivity contribution in [3.8, 4) is 0 Å². The summed E-state index contributed by atoms with van der Waals surface area (Å²) in [6.45, 7) is 4.08. The molecule has 0 aliphatic heterocycles. The first kappa shape index (κ1) is 15.2. The van der Waals surface area contributed by atoms with Crippen molar-refractivity contribution in [2.45, 2.75) is 38.3 Å². The fourth-order valence-corrected chi connectivity index (χ4v) is 4.21. The Kier molecular flexibility index (Phi) is 4.59. The number of nitrogens with two attached hydrogens (primary N) is 1. The molecular formula is C12H17N3O3S2. The molecule has 2 rings (SSSR count). The van der Waals surface area contributed by atoms with Gasteiger partial charge in [-0.1, -0.05) is 6.92 Å². The van der Waals surface area contributed by atoms with Gasteiger partial charge in [-0.15, -0.1) is 11.3 Å². The molecule has 2 aromatic heterocycles. The highest BCUT2D eigenvalue weighted by Gasteiger charge is 2.20. The first-order valence-corrected chi connectivity index (χ1v) is 8.49. The van der Waals surface area contributed by atoms with Crippen molar-refractivity contribution in [2.24, 2.45) is 5.73 Å². The van der Waals surface area contributed by atoms with E-state index >= 15 is 0 Å². The van der Waals surface area contributed by atoms with Crippen LogP contribution in [0.4, 0.5) is 0 Å². The molecule has 6 nitrogen and oxygen atoms in total. The molecular weight excluding hydrogens is 298 g/mol. The molecule has 0 atom stereocenters. The minimum absolute atomic E-state index is 0.0373. The Morgan fingerprint density at radius 3 is 2.80 bits per heavy atom. The highest BCUT2D eigenvalue weighted by molar-refractivity contribution is 7.89. The molecule has 0 radical (unpaired) electrons. The van der Waals surface area contributed by atoms with Crippen molar-refractivity contribution in [2.75, 3.05) is 0 Å². The van der Waals surface area contributed by atoms with Crippen molar-refractivity contribution in [1.82, 2.24) is 9.71 Å². The van der Waals surface area contributed by atoms with Crippen LogP contribution in [0, 0.1) is 6.92 Å². The van der Waals surface area contributed by atoms with Crippen molar-refractivity contribution in [3.05, 3.63) is 33.7 Å². The first-order chi connectivity index (χ1) is 9.46. The van der Waals surface area contributed by atoms with E-state index in [2.05, 4.69) is 9.71 Å². The summed E-state index contributed by atoms with van der Waals surface area (Å²) < 4.78 is 32.3. The standard InChI is InChI=1S/C12H17N3O3S2/c1-3-9-6-14-12(18-9)7-15-20(16,17)11-4-10(5-13)19-8(11)2/h4,6,15H,3,5,7,13H2,1-2H3. The molecule has 3 N–H and O–H groups in total. The van der Waals surface area contributed by atoms with Crippen LogP contribution in [0.2, 0.25) is 0 Å². The third-order valence-corrected chi connectivity index (χ3v) is 5.51. The van der Waals surface area contributed by atoms with E-state index in [1.807, 2.05) is 6.92 Å². The summed E-state index contributed by atoms with van der Waals surface area (Å²) >= 11 is 1.39. The molecule has 0 saturated carbocycles. The number of nitrogens with zero attached hydrogens (tertiary/aromatic N) is 1. The first-order valence-electron chi connectivity index (χ1n) is 6.19. The topological polar surface area (TPSA) is 98.2 Å². The Balaban J connectivity index is 2.12. The van der Waals surface area contributed by atoms with Crippen LogP contribution in [-0.2, 0) is 29.5 Å². The van der Waals surface area contributed by atoms with Crippen LogP contribution in [0.15, 0.2) is 21.6 Å². The van der Waals surface area contributed by atoms with Gasteiger partial charge in [0.25, 0.3) is 0 Å². The molecule has 0 spiro atoms. The molecule has 110 valence electrons. The molecule has 0 aliphatic carbocycles. The number of nitrogens with one attached hydrogen (secondary N) is 1. The van der Waals surface area contributed by atoms with Crippen LogP contribution < -0.4 is 10.5 Å². The summed E-state index contributed by atoms with van der Waals surface area (Å²) in [4.78, 5) is 5.85. The van der Waals surface area contributed by atoms with Crippen LogP contribution >= 0.6 is 11.3 Å². The average molecular weight is 315 g/mol. The van der Waals surface area contributed by atoms with Gasteiger partial charge in [0, 0.05) is 22.7 Å². The lowest BCUT2D eigenvalue weighted by Crippen LogP contribution is -2.23. The van der Waals surface area contributed by atoms with Gasteiger partial charge >= 0.3 is 0 Å². The molecule has 8 heteroatoms. The number of thiophene rings is 1. The average Bonchev–Trinajstić information content (AvgIpc) is 3.02. The summed E-state index contributed by atoms with van der Waals surface area (Å²) in [5, 5.41) is 0. The Morgan fingerprint density at radius 2 is 2.25 bits per heavy atom. The summed E-state index contributed by atoms with van der Waals surface area (Å²) in [6.07, 6.45) is 2.33. The fraction of sp³-hybridized carbons (Fsp3) is 0.417. The highest BCUT2D eigenvalue weighted by Crippen LogP contribution is 2.25. The maximum absolute atomic E-state index is 12.2. The second-order valence-corrected chi connectivity index (χ2v) is 7.31. The fourth-order valence-electron chi connectivity index (χ4n) is 1.72. The van der Waals surface area contributed by atoms with Gasteiger partial charge in [0.05, 0.1) is 17.6 Å². The molecule has 2 aromatic rings. The van der Waals surface area contributed by atoms with E-state index < -0.39 is 10.0 Å². The highest BCUT2D eigenvalue weighted by atomic mass is 32.2. The third kappa shape index (κ3) is 3.26. The van der Waals surface area contributed by atoms with E-state index in [4.69, 9.17) is 10.2 Å². The largest absolute Gasteiger partial charge is 0.444 e. The van der Waals surface area contributed by atoms with E-state index in [1.165, 1.54) is 11.3 Å². The lowest BCUT2D eigenvalue weighted by molar-refractivity contribution is 0.452. The summed E-state index contributed by atoms with van der Waals surface area (Å²) in [5.74, 6) is 1.09. The van der Waals surface area contributed by atoms with Gasteiger partial charge in [-0.2, -0.15) is 0 Å². The quantitative estimate of drug-likeness (QED) is 0.842. The zero-order valence-corrected chi connectivity index (χ0v) is 13.0. The van der Waals surface area contributed by atoms with E-state index in [0.717, 1.165) is 21.9 Å². The lowest BCUT2D eigenvalue weighted by atomic mass is 10.4. The smallest absolute Gasteiger partial charge is 0.242 e. The molecule has 0 amide bonds. The number of hydrogen-bond acceptors (Lipinski definition) is 6. The van der Waals surface area contributed by atoms with Gasteiger partial charge in [0.1, 0.15) is 5.76 Å². The number of rotatable bonds is 6. The number of aryl methyl sites for hydroxylation is 2. The van der Waals surface area contributed by atoms with Gasteiger partial charge in [0.15, 0.2) is 0 Å². The number of oxazole rings is 1. The van der Waals surface area contributed by atoms with Gasteiger partial charge in [-0.3, -0.25) is 0 Å². The van der Waals surface area contributed by atoms with Gasteiger partial charge in [0.2, 0.25) is 15.9 Å². The van der Waals surface area contributed by atoms with E-state index in [9.17, 15) is 8.42 Å². The Labute approximate surface area is 122 Å². The van der Waals surface area contributed by atoms with Crippen LogP contribution in [0.3, 0.4) is 0 Å².